The Hall–Kier alpha value is -8.98. The van der Waals surface area contributed by atoms with Crippen LogP contribution in [-0.4, -0.2) is 4.57 Å². The molecule has 0 bridgehead atoms. The molecule has 15 rings (SSSR count). The summed E-state index contributed by atoms with van der Waals surface area (Å²) in [7, 11) is 0. The lowest BCUT2D eigenvalue weighted by molar-refractivity contribution is 0.794. The van der Waals surface area contributed by atoms with E-state index in [9.17, 15) is 0 Å². The third-order valence-corrected chi connectivity index (χ3v) is 15.4. The van der Waals surface area contributed by atoms with Crippen molar-refractivity contribution in [2.24, 2.45) is 0 Å². The average Bonchev–Trinajstić information content (AvgIpc) is 4.03. The van der Waals surface area contributed by atoms with Crippen molar-refractivity contribution in [3.8, 4) is 39.1 Å². The van der Waals surface area contributed by atoms with Crippen LogP contribution in [0.4, 0.5) is 17.1 Å². The number of nitrogens with zero attached hydrogens (tertiary/aromatic N) is 2. The van der Waals surface area contributed by atoms with Gasteiger partial charge in [-0.15, -0.1) is 0 Å². The maximum absolute atomic E-state index is 2.52. The largest absolute Gasteiger partial charge is 0.310 e. The van der Waals surface area contributed by atoms with Gasteiger partial charge in [0.25, 0.3) is 0 Å². The van der Waals surface area contributed by atoms with Gasteiger partial charge in [0, 0.05) is 33.4 Å². The molecule has 0 saturated heterocycles. The van der Waals surface area contributed by atoms with E-state index in [4.69, 9.17) is 0 Å². The minimum atomic E-state index is -0.453. The van der Waals surface area contributed by atoms with Gasteiger partial charge in [0.05, 0.1) is 22.1 Å². The maximum atomic E-state index is 2.52. The molecule has 0 N–H and O–H groups in total. The predicted molar refractivity (Wildman–Crippen MR) is 290 cm³/mol. The monoisotopic (exact) mass is 874 g/mol. The number of hydrogen-bond donors (Lipinski definition) is 0. The molecule has 69 heavy (non-hydrogen) atoms. The van der Waals surface area contributed by atoms with Gasteiger partial charge in [-0.25, -0.2) is 0 Å². The van der Waals surface area contributed by atoms with E-state index in [1.165, 1.54) is 110 Å². The number of anilines is 3. The first kappa shape index (κ1) is 38.2. The fourth-order valence-corrected chi connectivity index (χ4v) is 12.6. The quantitative estimate of drug-likeness (QED) is 0.156. The van der Waals surface area contributed by atoms with Gasteiger partial charge >= 0.3 is 0 Å². The molecule has 0 atom stereocenters. The van der Waals surface area contributed by atoms with Crippen LogP contribution >= 0.6 is 0 Å². The molecular formula is C67H42N2. The summed E-state index contributed by atoms with van der Waals surface area (Å²) in [6, 6.07) is 94.9. The van der Waals surface area contributed by atoms with Crippen molar-refractivity contribution in [1.82, 2.24) is 4.57 Å². The minimum absolute atomic E-state index is 0.453. The van der Waals surface area contributed by atoms with Gasteiger partial charge in [-0.1, -0.05) is 194 Å². The molecule has 2 aliphatic rings. The van der Waals surface area contributed by atoms with Gasteiger partial charge in [0.15, 0.2) is 0 Å². The number of aromatic nitrogens is 1. The smallest absolute Gasteiger partial charge is 0.0726 e. The third-order valence-electron chi connectivity index (χ3n) is 15.4. The highest BCUT2D eigenvalue weighted by molar-refractivity contribution is 6.26. The van der Waals surface area contributed by atoms with Crippen molar-refractivity contribution >= 4 is 71.2 Å². The highest BCUT2D eigenvalue weighted by Crippen LogP contribution is 2.64. The zero-order valence-corrected chi connectivity index (χ0v) is 37.6. The second kappa shape index (κ2) is 14.5. The van der Waals surface area contributed by atoms with Crippen LogP contribution in [0.15, 0.2) is 255 Å². The van der Waals surface area contributed by atoms with Gasteiger partial charge in [-0.2, -0.15) is 0 Å². The molecule has 2 nitrogen and oxygen atoms in total. The van der Waals surface area contributed by atoms with Gasteiger partial charge in [-0.05, 0) is 143 Å². The Balaban J connectivity index is 0.961. The molecule has 13 aromatic rings. The van der Waals surface area contributed by atoms with Crippen LogP contribution in [-0.2, 0) is 5.41 Å². The number of rotatable bonds is 5. The molecule has 1 heterocycles. The Labute approximate surface area is 400 Å². The van der Waals surface area contributed by atoms with Crippen molar-refractivity contribution in [3.05, 3.63) is 277 Å². The van der Waals surface area contributed by atoms with Crippen LogP contribution in [0.25, 0.3) is 93.2 Å². The van der Waals surface area contributed by atoms with E-state index in [1.807, 2.05) is 0 Å². The highest BCUT2D eigenvalue weighted by Gasteiger charge is 2.52. The van der Waals surface area contributed by atoms with Gasteiger partial charge < -0.3 is 9.47 Å². The Bertz CT molecular complexity index is 4170. The molecule has 0 radical (unpaired) electrons. The summed E-state index contributed by atoms with van der Waals surface area (Å²) in [4.78, 5) is 2.52. The Kier molecular flexibility index (Phi) is 8.02. The lowest BCUT2D eigenvalue weighted by Gasteiger charge is -2.32. The molecule has 2 heteroatoms. The van der Waals surface area contributed by atoms with Crippen molar-refractivity contribution in [3.63, 3.8) is 0 Å². The SMILES string of the molecule is c1ccc(-n2c3ccccc3c3cc(-c4ccc(N(c5ccc6c7ccccc7c7ccccc7c6c5)c5cccc6c5-c5ccccc5C65c6ccccc6-c6ccccc65)cc4)ccc32)cc1. The van der Waals surface area contributed by atoms with Crippen LogP contribution in [0.5, 0.6) is 0 Å². The Morgan fingerprint density at radius 3 is 1.46 bits per heavy atom. The van der Waals surface area contributed by atoms with Crippen LogP contribution in [0.1, 0.15) is 22.3 Å². The van der Waals surface area contributed by atoms with E-state index in [-0.39, 0.29) is 0 Å². The first-order valence-electron chi connectivity index (χ1n) is 24.0. The van der Waals surface area contributed by atoms with E-state index in [0.717, 1.165) is 22.7 Å². The molecule has 0 aliphatic heterocycles. The maximum Gasteiger partial charge on any atom is 0.0726 e. The topological polar surface area (TPSA) is 8.17 Å². The molecule has 12 aromatic carbocycles. The zero-order chi connectivity index (χ0) is 45.2. The number of fused-ring (bicyclic) bond motifs is 19. The molecular weight excluding hydrogens is 833 g/mol. The van der Waals surface area contributed by atoms with Crippen LogP contribution < -0.4 is 4.90 Å². The minimum Gasteiger partial charge on any atom is -0.310 e. The highest BCUT2D eigenvalue weighted by atomic mass is 15.1. The Morgan fingerprint density at radius 2 is 0.783 bits per heavy atom. The first-order valence-corrected chi connectivity index (χ1v) is 24.0. The summed E-state index contributed by atoms with van der Waals surface area (Å²) in [5.41, 5.74) is 19.4. The van der Waals surface area contributed by atoms with Crippen LogP contribution in [0.2, 0.25) is 0 Å². The number of hydrogen-bond acceptors (Lipinski definition) is 1. The van der Waals surface area contributed by atoms with Gasteiger partial charge in [0.2, 0.25) is 0 Å². The number of para-hydroxylation sites is 2. The van der Waals surface area contributed by atoms with Gasteiger partial charge in [-0.3, -0.25) is 0 Å². The lowest BCUT2D eigenvalue weighted by Crippen LogP contribution is -2.26. The second-order valence-electron chi connectivity index (χ2n) is 18.7. The normalized spacial score (nSPS) is 13.0. The summed E-state index contributed by atoms with van der Waals surface area (Å²) >= 11 is 0. The van der Waals surface area contributed by atoms with E-state index in [0.29, 0.717) is 0 Å². The molecule has 0 amide bonds. The van der Waals surface area contributed by atoms with Crippen LogP contribution in [0.3, 0.4) is 0 Å². The molecule has 0 fully saturated rings. The molecule has 1 spiro atoms. The average molecular weight is 875 g/mol. The molecule has 2 aliphatic carbocycles. The van der Waals surface area contributed by atoms with E-state index in [2.05, 4.69) is 264 Å². The standard InChI is InChI=1S/C67H42N2/c1-2-17-45(18-3-1)69-63-31-15-11-25-55(63)58-41-44(35-40-64(58)69)43-33-36-46(37-34-43)68(47-38-39-52-50-21-5-4-19-48(50)49-20-6-7-22-51(49)57(52)42-47)65-32-16-30-62-66(65)56-26-10-14-29-61(56)67(62)59-27-12-8-23-53(59)54-24-9-13-28-60(54)67/h1-42H. The predicted octanol–water partition coefficient (Wildman–Crippen LogP) is 17.7. The number of benzene rings is 12. The summed E-state index contributed by atoms with van der Waals surface area (Å²) in [5, 5.41) is 10.1. The molecule has 320 valence electrons. The summed E-state index contributed by atoms with van der Waals surface area (Å²) in [6.45, 7) is 0. The summed E-state index contributed by atoms with van der Waals surface area (Å²) in [5.74, 6) is 0. The van der Waals surface area contributed by atoms with E-state index < -0.39 is 5.41 Å². The first-order chi connectivity index (χ1) is 34.3. The molecule has 1 aromatic heterocycles. The second-order valence-corrected chi connectivity index (χ2v) is 18.7. The summed E-state index contributed by atoms with van der Waals surface area (Å²) < 4.78 is 2.38. The van der Waals surface area contributed by atoms with E-state index in [1.54, 1.807) is 0 Å². The Morgan fingerprint density at radius 1 is 0.290 bits per heavy atom. The van der Waals surface area contributed by atoms with Gasteiger partial charge in [0.1, 0.15) is 0 Å². The fourth-order valence-electron chi connectivity index (χ4n) is 12.6. The molecule has 0 unspecified atom stereocenters. The molecule has 0 saturated carbocycles. The lowest BCUT2D eigenvalue weighted by atomic mass is 9.70. The van der Waals surface area contributed by atoms with Crippen LogP contribution in [0, 0.1) is 0 Å². The van der Waals surface area contributed by atoms with E-state index >= 15 is 0 Å². The fraction of sp³-hybridized carbons (Fsp3) is 0.0149. The third kappa shape index (κ3) is 5.26. The summed E-state index contributed by atoms with van der Waals surface area (Å²) in [6.07, 6.45) is 0. The zero-order valence-electron chi connectivity index (χ0n) is 37.6. The van der Waals surface area contributed by atoms with Crippen molar-refractivity contribution in [2.75, 3.05) is 4.90 Å². The van der Waals surface area contributed by atoms with Crippen molar-refractivity contribution < 1.29 is 0 Å². The van der Waals surface area contributed by atoms with Crippen molar-refractivity contribution in [1.29, 1.82) is 0 Å². The van der Waals surface area contributed by atoms with Crippen molar-refractivity contribution in [2.45, 2.75) is 5.41 Å².